The van der Waals surface area contributed by atoms with Gasteiger partial charge in [-0.25, -0.2) is 0 Å². The van der Waals surface area contributed by atoms with Gasteiger partial charge in [0.25, 0.3) is 0 Å². The molecule has 0 unspecified atom stereocenters. The average molecular weight is 472 g/mol. The molecule has 1 aliphatic heterocycles. The summed E-state index contributed by atoms with van der Waals surface area (Å²) in [6.07, 6.45) is 2.05. The van der Waals surface area contributed by atoms with Gasteiger partial charge in [-0.15, -0.1) is 0 Å². The van der Waals surface area contributed by atoms with Gasteiger partial charge in [-0.3, -0.25) is 9.59 Å². The Hall–Kier alpha value is -3.30. The maximum atomic E-state index is 13.0. The number of carbonyl (C=O) groups is 2. The van der Waals surface area contributed by atoms with E-state index in [0.29, 0.717) is 28.5 Å². The molecule has 34 heavy (non-hydrogen) atoms. The first-order valence-corrected chi connectivity index (χ1v) is 12.6. The summed E-state index contributed by atoms with van der Waals surface area (Å²) < 4.78 is 0. The predicted molar refractivity (Wildman–Crippen MR) is 137 cm³/mol. The van der Waals surface area contributed by atoms with Crippen LogP contribution in [0.4, 0.5) is 5.69 Å². The molecular formula is C28H29N3O2S. The lowest BCUT2D eigenvalue weighted by molar-refractivity contribution is -0.116. The van der Waals surface area contributed by atoms with Crippen LogP contribution in [0.25, 0.3) is 0 Å². The Balaban J connectivity index is 1.63. The van der Waals surface area contributed by atoms with Crippen LogP contribution in [0.15, 0.2) is 70.4 Å². The zero-order valence-electron chi connectivity index (χ0n) is 19.8. The van der Waals surface area contributed by atoms with Gasteiger partial charge < -0.3 is 10.6 Å². The smallest absolute Gasteiger partial charge is 0.234 e. The SMILES string of the molecule is Cc1ccccc1NC(=O)CSC1=C(C#N)[C@H](c2ccc(C(C)C)cc2)C2=C(CCCC2=O)N1. The van der Waals surface area contributed by atoms with E-state index in [0.717, 1.165) is 35.4 Å². The summed E-state index contributed by atoms with van der Waals surface area (Å²) in [4.78, 5) is 25.6. The molecule has 174 valence electrons. The van der Waals surface area contributed by atoms with Crippen molar-refractivity contribution in [3.8, 4) is 6.07 Å². The number of dihydropyridines is 1. The fourth-order valence-electron chi connectivity index (χ4n) is 4.48. The number of hydrogen-bond donors (Lipinski definition) is 2. The highest BCUT2D eigenvalue weighted by Gasteiger charge is 2.37. The lowest BCUT2D eigenvalue weighted by Crippen LogP contribution is -2.31. The summed E-state index contributed by atoms with van der Waals surface area (Å²) in [7, 11) is 0. The number of rotatable bonds is 6. The molecule has 1 amide bonds. The maximum absolute atomic E-state index is 13.0. The molecule has 0 aromatic heterocycles. The number of hydrogen-bond acceptors (Lipinski definition) is 5. The summed E-state index contributed by atoms with van der Waals surface area (Å²) in [5.41, 5.74) is 6.02. The number of para-hydroxylation sites is 1. The minimum atomic E-state index is -0.405. The van der Waals surface area contributed by atoms with E-state index in [4.69, 9.17) is 0 Å². The number of ketones is 1. The second kappa shape index (κ2) is 10.3. The molecule has 0 radical (unpaired) electrons. The van der Waals surface area contributed by atoms with E-state index in [-0.39, 0.29) is 17.4 Å². The number of nitrogens with zero attached hydrogens (tertiary/aromatic N) is 1. The van der Waals surface area contributed by atoms with Crippen molar-refractivity contribution in [2.75, 3.05) is 11.1 Å². The maximum Gasteiger partial charge on any atom is 0.234 e. The third kappa shape index (κ3) is 4.95. The van der Waals surface area contributed by atoms with Gasteiger partial charge in [-0.05, 0) is 48.4 Å². The second-order valence-corrected chi connectivity index (χ2v) is 10.0. The van der Waals surface area contributed by atoms with Crippen LogP contribution >= 0.6 is 11.8 Å². The molecule has 0 fully saturated rings. The van der Waals surface area contributed by atoms with Crippen molar-refractivity contribution in [3.05, 3.63) is 87.1 Å². The topological polar surface area (TPSA) is 82.0 Å². The molecule has 0 saturated carbocycles. The minimum Gasteiger partial charge on any atom is -0.352 e. The molecule has 1 heterocycles. The zero-order valence-corrected chi connectivity index (χ0v) is 20.6. The van der Waals surface area contributed by atoms with Crippen LogP contribution in [0.2, 0.25) is 0 Å². The number of aryl methyl sites for hydroxylation is 1. The third-order valence-electron chi connectivity index (χ3n) is 6.37. The van der Waals surface area contributed by atoms with Crippen LogP contribution < -0.4 is 10.6 Å². The first-order valence-electron chi connectivity index (χ1n) is 11.6. The molecule has 0 spiro atoms. The Morgan fingerprint density at radius 3 is 2.59 bits per heavy atom. The number of anilines is 1. The number of nitriles is 1. The van der Waals surface area contributed by atoms with E-state index in [2.05, 4.69) is 42.7 Å². The van der Waals surface area contributed by atoms with E-state index in [1.807, 2.05) is 43.3 Å². The molecule has 2 N–H and O–H groups in total. The van der Waals surface area contributed by atoms with Crippen LogP contribution in [0, 0.1) is 18.3 Å². The third-order valence-corrected chi connectivity index (χ3v) is 7.38. The molecule has 2 aliphatic rings. The Bertz CT molecular complexity index is 1220. The molecule has 6 heteroatoms. The predicted octanol–water partition coefficient (Wildman–Crippen LogP) is 5.92. The Morgan fingerprint density at radius 1 is 1.18 bits per heavy atom. The summed E-state index contributed by atoms with van der Waals surface area (Å²) in [5, 5.41) is 17.1. The van der Waals surface area contributed by atoms with Gasteiger partial charge in [-0.1, -0.05) is 68.1 Å². The number of allylic oxidation sites excluding steroid dienone is 3. The Labute approximate surface area is 205 Å². The summed E-state index contributed by atoms with van der Waals surface area (Å²) >= 11 is 1.32. The number of amides is 1. The molecule has 2 aromatic rings. The first-order chi connectivity index (χ1) is 16.4. The van der Waals surface area contributed by atoms with Gasteiger partial charge in [0.15, 0.2) is 5.78 Å². The highest BCUT2D eigenvalue weighted by atomic mass is 32.2. The molecule has 0 saturated heterocycles. The van der Waals surface area contributed by atoms with Crippen LogP contribution in [0.3, 0.4) is 0 Å². The van der Waals surface area contributed by atoms with Crippen LogP contribution in [-0.4, -0.2) is 17.4 Å². The lowest BCUT2D eigenvalue weighted by Gasteiger charge is -2.33. The molecule has 0 bridgehead atoms. The number of Topliss-reactive ketones (excluding diaryl/α,β-unsaturated/α-hetero) is 1. The van der Waals surface area contributed by atoms with E-state index in [1.165, 1.54) is 17.3 Å². The molecule has 1 atom stereocenters. The largest absolute Gasteiger partial charge is 0.352 e. The fraction of sp³-hybridized carbons (Fsp3) is 0.321. The summed E-state index contributed by atoms with van der Waals surface area (Å²) in [6, 6.07) is 18.2. The van der Waals surface area contributed by atoms with Crippen molar-refractivity contribution < 1.29 is 9.59 Å². The number of benzene rings is 2. The molecular weight excluding hydrogens is 442 g/mol. The Morgan fingerprint density at radius 2 is 1.91 bits per heavy atom. The van der Waals surface area contributed by atoms with Crippen LogP contribution in [0.5, 0.6) is 0 Å². The van der Waals surface area contributed by atoms with E-state index >= 15 is 0 Å². The highest BCUT2D eigenvalue weighted by Crippen LogP contribution is 2.44. The van der Waals surface area contributed by atoms with Crippen molar-refractivity contribution in [1.82, 2.24) is 5.32 Å². The van der Waals surface area contributed by atoms with Gasteiger partial charge in [0.1, 0.15) is 0 Å². The second-order valence-electron chi connectivity index (χ2n) is 9.05. The van der Waals surface area contributed by atoms with Crippen molar-refractivity contribution in [2.45, 2.75) is 51.9 Å². The molecule has 2 aromatic carbocycles. The van der Waals surface area contributed by atoms with Crippen molar-refractivity contribution in [3.63, 3.8) is 0 Å². The molecule has 5 nitrogen and oxygen atoms in total. The van der Waals surface area contributed by atoms with Gasteiger partial charge in [0.05, 0.1) is 28.3 Å². The monoisotopic (exact) mass is 471 g/mol. The van der Waals surface area contributed by atoms with Gasteiger partial charge in [0.2, 0.25) is 5.91 Å². The minimum absolute atomic E-state index is 0.0979. The highest BCUT2D eigenvalue weighted by molar-refractivity contribution is 8.03. The standard InChI is InChI=1S/C28H29N3O2S/c1-17(2)19-11-13-20(14-12-19)26-21(15-29)28(31-23-9-6-10-24(32)27(23)26)34-16-25(33)30-22-8-5-4-7-18(22)3/h4-5,7-8,11-14,17,26,31H,6,9-10,16H2,1-3H3,(H,30,33)/t26-/m0/s1. The normalized spacial score (nSPS) is 17.9. The van der Waals surface area contributed by atoms with E-state index in [1.54, 1.807) is 0 Å². The van der Waals surface area contributed by atoms with Gasteiger partial charge in [-0.2, -0.15) is 5.26 Å². The zero-order chi connectivity index (χ0) is 24.2. The lowest BCUT2D eigenvalue weighted by atomic mass is 9.76. The van der Waals surface area contributed by atoms with E-state index < -0.39 is 5.92 Å². The molecule has 1 aliphatic carbocycles. The summed E-state index contributed by atoms with van der Waals surface area (Å²) in [5.74, 6) is 0.121. The van der Waals surface area contributed by atoms with E-state index in [9.17, 15) is 14.9 Å². The van der Waals surface area contributed by atoms with Gasteiger partial charge in [0, 0.05) is 23.4 Å². The Kier molecular flexibility index (Phi) is 7.23. The number of thioether (sulfide) groups is 1. The van der Waals surface area contributed by atoms with Gasteiger partial charge >= 0.3 is 0 Å². The van der Waals surface area contributed by atoms with Crippen molar-refractivity contribution >= 4 is 29.1 Å². The first kappa shape index (κ1) is 23.8. The van der Waals surface area contributed by atoms with Crippen molar-refractivity contribution in [1.29, 1.82) is 5.26 Å². The van der Waals surface area contributed by atoms with Crippen LogP contribution in [0.1, 0.15) is 61.6 Å². The fourth-order valence-corrected chi connectivity index (χ4v) is 5.34. The summed E-state index contributed by atoms with van der Waals surface area (Å²) in [6.45, 7) is 6.23. The number of nitrogens with one attached hydrogen (secondary N) is 2. The van der Waals surface area contributed by atoms with Crippen LogP contribution in [-0.2, 0) is 9.59 Å². The quantitative estimate of drug-likeness (QED) is 0.546. The molecule has 4 rings (SSSR count). The average Bonchev–Trinajstić information content (AvgIpc) is 2.83. The number of carbonyl (C=O) groups excluding carboxylic acids is 2. The van der Waals surface area contributed by atoms with Crippen molar-refractivity contribution in [2.24, 2.45) is 0 Å².